The maximum atomic E-state index is 12.3. The summed E-state index contributed by atoms with van der Waals surface area (Å²) in [5.74, 6) is 0.173. The number of aromatic nitrogens is 4. The number of rotatable bonds is 3. The van der Waals surface area contributed by atoms with Gasteiger partial charge in [0.25, 0.3) is 0 Å². The van der Waals surface area contributed by atoms with E-state index >= 15 is 0 Å². The molecule has 1 atom stereocenters. The molecule has 1 saturated heterocycles. The van der Waals surface area contributed by atoms with E-state index in [0.717, 1.165) is 5.56 Å². The number of nitrogen functional groups attached to an aromatic ring is 1. The smallest absolute Gasteiger partial charge is 0.248 e. The van der Waals surface area contributed by atoms with Crippen LogP contribution in [0.3, 0.4) is 0 Å². The maximum absolute atomic E-state index is 12.3. The highest BCUT2D eigenvalue weighted by molar-refractivity contribution is 6.29. The van der Waals surface area contributed by atoms with Crippen LogP contribution in [0.4, 0.5) is 5.95 Å². The van der Waals surface area contributed by atoms with E-state index in [9.17, 15) is 4.79 Å². The number of hydrogen-bond donors (Lipinski definition) is 1. The van der Waals surface area contributed by atoms with Crippen LogP contribution < -0.4 is 5.73 Å². The number of halogens is 2. The van der Waals surface area contributed by atoms with E-state index in [1.165, 1.54) is 17.9 Å². The lowest BCUT2D eigenvalue weighted by Gasteiger charge is -2.35. The molecule has 3 heterocycles. The van der Waals surface area contributed by atoms with Gasteiger partial charge < -0.3 is 15.4 Å². The van der Waals surface area contributed by atoms with Gasteiger partial charge in [-0.25, -0.2) is 15.0 Å². The van der Waals surface area contributed by atoms with Crippen LogP contribution >= 0.6 is 23.2 Å². The van der Waals surface area contributed by atoms with E-state index in [2.05, 4.69) is 19.9 Å². The second-order valence-electron chi connectivity index (χ2n) is 5.19. The van der Waals surface area contributed by atoms with Crippen molar-refractivity contribution in [1.29, 1.82) is 0 Å². The molecule has 1 fully saturated rings. The zero-order valence-corrected chi connectivity index (χ0v) is 14.5. The Bertz CT molecular complexity index is 816. The Kier molecular flexibility index (Phi) is 5.42. The van der Waals surface area contributed by atoms with Gasteiger partial charge in [0.15, 0.2) is 5.82 Å². The van der Waals surface area contributed by atoms with E-state index in [1.54, 1.807) is 17.0 Å². The molecule has 0 radical (unpaired) electrons. The molecule has 0 saturated carbocycles. The van der Waals surface area contributed by atoms with Crippen LogP contribution in [0.25, 0.3) is 11.5 Å². The van der Waals surface area contributed by atoms with Crippen molar-refractivity contribution in [2.24, 2.45) is 0 Å². The zero-order chi connectivity index (χ0) is 17.8. The van der Waals surface area contributed by atoms with E-state index in [0.29, 0.717) is 31.3 Å². The fourth-order valence-corrected chi connectivity index (χ4v) is 2.87. The average Bonchev–Trinajstić information content (AvgIpc) is 2.61. The summed E-state index contributed by atoms with van der Waals surface area (Å²) in [6, 6.07) is 3.11. The lowest BCUT2D eigenvalue weighted by Crippen LogP contribution is -2.42. The van der Waals surface area contributed by atoms with Crippen molar-refractivity contribution in [1.82, 2.24) is 24.8 Å². The first-order chi connectivity index (χ1) is 12.1. The van der Waals surface area contributed by atoms with Gasteiger partial charge in [0, 0.05) is 18.2 Å². The van der Waals surface area contributed by atoms with Gasteiger partial charge in [-0.1, -0.05) is 23.2 Å². The Morgan fingerprint density at radius 2 is 2.20 bits per heavy atom. The van der Waals surface area contributed by atoms with E-state index < -0.39 is 0 Å². The van der Waals surface area contributed by atoms with Crippen LogP contribution in [0.1, 0.15) is 11.6 Å². The summed E-state index contributed by atoms with van der Waals surface area (Å²) in [7, 11) is 0. The second kappa shape index (κ2) is 7.73. The number of hydrogen-bond acceptors (Lipinski definition) is 7. The summed E-state index contributed by atoms with van der Waals surface area (Å²) in [5.41, 5.74) is 7.97. The van der Waals surface area contributed by atoms with Crippen molar-refractivity contribution < 1.29 is 9.53 Å². The lowest BCUT2D eigenvalue weighted by atomic mass is 10.0. The van der Waals surface area contributed by atoms with Gasteiger partial charge in [-0.2, -0.15) is 4.98 Å². The minimum absolute atomic E-state index is 0.0818. The van der Waals surface area contributed by atoms with E-state index in [4.69, 9.17) is 33.7 Å². The van der Waals surface area contributed by atoms with Gasteiger partial charge in [-0.05, 0) is 17.7 Å². The fraction of sp³-hybridized carbons (Fsp3) is 0.267. The third-order valence-corrected chi connectivity index (χ3v) is 3.96. The third-order valence-electron chi connectivity index (χ3n) is 3.64. The first-order valence-corrected chi connectivity index (χ1v) is 8.17. The molecule has 1 aliphatic heterocycles. The summed E-state index contributed by atoms with van der Waals surface area (Å²) >= 11 is 11.7. The van der Waals surface area contributed by atoms with Crippen LogP contribution in [0.2, 0.25) is 5.15 Å². The molecule has 2 N–H and O–H groups in total. The predicted molar refractivity (Wildman–Crippen MR) is 92.7 cm³/mol. The van der Waals surface area contributed by atoms with Crippen LogP contribution in [-0.2, 0) is 9.53 Å². The van der Waals surface area contributed by atoms with Crippen molar-refractivity contribution in [2.45, 2.75) is 6.04 Å². The molecule has 0 unspecified atom stereocenters. The average molecular weight is 381 g/mol. The topological polar surface area (TPSA) is 107 Å². The first-order valence-electron chi connectivity index (χ1n) is 7.36. The highest BCUT2D eigenvalue weighted by Crippen LogP contribution is 2.29. The molecule has 1 aliphatic rings. The molecule has 0 aromatic carbocycles. The molecule has 0 spiro atoms. The second-order valence-corrected chi connectivity index (χ2v) is 5.83. The molecule has 25 heavy (non-hydrogen) atoms. The standard InChI is InChI=1S/C15H14Cl2N6O2/c16-2-1-13(24)23-3-4-25-7-11(23)9-5-10(21-12(17)6-9)14-19-8-20-15(18)22-14/h1-2,5-6,8,11H,3-4,7H2,(H2,18,19,20,22)/b2-1+/t11-/m0/s1. The van der Waals surface area contributed by atoms with Gasteiger partial charge in [0.1, 0.15) is 17.2 Å². The summed E-state index contributed by atoms with van der Waals surface area (Å²) in [6.07, 6.45) is 2.60. The van der Waals surface area contributed by atoms with Gasteiger partial charge in [-0.15, -0.1) is 0 Å². The molecule has 8 nitrogen and oxygen atoms in total. The number of nitrogens with two attached hydrogens (primary N) is 1. The number of carbonyl (C=O) groups is 1. The van der Waals surface area contributed by atoms with Gasteiger partial charge in [0.05, 0.1) is 19.3 Å². The Morgan fingerprint density at radius 1 is 1.36 bits per heavy atom. The number of ether oxygens (including phenoxy) is 1. The Labute approximate surface area is 153 Å². The number of carbonyl (C=O) groups excluding carboxylic acids is 1. The highest BCUT2D eigenvalue weighted by atomic mass is 35.5. The minimum Gasteiger partial charge on any atom is -0.377 e. The Balaban J connectivity index is 1.99. The molecule has 3 rings (SSSR count). The molecule has 130 valence electrons. The predicted octanol–water partition coefficient (Wildman–Crippen LogP) is 1.82. The van der Waals surface area contributed by atoms with Crippen molar-refractivity contribution in [2.75, 3.05) is 25.5 Å². The molecule has 0 bridgehead atoms. The number of morpholine rings is 1. The van der Waals surface area contributed by atoms with Crippen molar-refractivity contribution >= 4 is 35.1 Å². The van der Waals surface area contributed by atoms with Gasteiger partial charge in [0.2, 0.25) is 11.9 Å². The quantitative estimate of drug-likeness (QED) is 0.638. The molecule has 2 aromatic heterocycles. The number of nitrogens with zero attached hydrogens (tertiary/aromatic N) is 5. The first kappa shape index (κ1) is 17.5. The molecule has 1 amide bonds. The summed E-state index contributed by atoms with van der Waals surface area (Å²) in [5, 5.41) is 0.248. The maximum Gasteiger partial charge on any atom is 0.248 e. The SMILES string of the molecule is Nc1ncnc(-c2cc([C@@H]3COCCN3C(=O)/C=C/Cl)cc(Cl)n2)n1. The van der Waals surface area contributed by atoms with Gasteiger partial charge in [-0.3, -0.25) is 4.79 Å². The molecule has 10 heteroatoms. The molecular weight excluding hydrogens is 367 g/mol. The Hall–Kier alpha value is -2.29. The third kappa shape index (κ3) is 4.04. The summed E-state index contributed by atoms with van der Waals surface area (Å²) in [6.45, 7) is 1.23. The fourth-order valence-electron chi connectivity index (χ4n) is 2.55. The van der Waals surface area contributed by atoms with E-state index in [-0.39, 0.29) is 23.1 Å². The minimum atomic E-state index is -0.326. The van der Waals surface area contributed by atoms with Crippen LogP contribution in [0, 0.1) is 0 Å². The normalized spacial score (nSPS) is 17.8. The van der Waals surface area contributed by atoms with Crippen LogP contribution in [0.15, 0.2) is 30.1 Å². The summed E-state index contributed by atoms with van der Waals surface area (Å²) < 4.78 is 5.52. The number of amides is 1. The molecule has 0 aliphatic carbocycles. The number of anilines is 1. The van der Waals surface area contributed by atoms with Crippen molar-refractivity contribution in [3.8, 4) is 11.5 Å². The zero-order valence-electron chi connectivity index (χ0n) is 13.0. The van der Waals surface area contributed by atoms with E-state index in [1.807, 2.05) is 0 Å². The van der Waals surface area contributed by atoms with Crippen LogP contribution in [0.5, 0.6) is 0 Å². The largest absolute Gasteiger partial charge is 0.377 e. The van der Waals surface area contributed by atoms with Crippen molar-refractivity contribution in [3.63, 3.8) is 0 Å². The number of pyridine rings is 1. The lowest BCUT2D eigenvalue weighted by molar-refractivity contribution is -0.134. The Morgan fingerprint density at radius 3 is 2.96 bits per heavy atom. The highest BCUT2D eigenvalue weighted by Gasteiger charge is 2.28. The van der Waals surface area contributed by atoms with Crippen molar-refractivity contribution in [3.05, 3.63) is 40.8 Å². The monoisotopic (exact) mass is 380 g/mol. The van der Waals surface area contributed by atoms with Gasteiger partial charge >= 0.3 is 0 Å². The van der Waals surface area contributed by atoms with Crippen LogP contribution in [-0.4, -0.2) is 50.5 Å². The molecule has 2 aromatic rings. The summed E-state index contributed by atoms with van der Waals surface area (Å²) in [4.78, 5) is 30.0. The molecular formula is C15H14Cl2N6O2.